The van der Waals surface area contributed by atoms with Crippen LogP contribution in [0, 0.1) is 23.7 Å². The third-order valence-corrected chi connectivity index (χ3v) is 3.80. The predicted octanol–water partition coefficient (Wildman–Crippen LogP) is 1.60. The summed E-state index contributed by atoms with van der Waals surface area (Å²) in [6.45, 7) is 0. The summed E-state index contributed by atoms with van der Waals surface area (Å²) in [7, 11) is 0. The molecule has 0 spiro atoms. The number of carboxylic acids is 2. The third-order valence-electron chi connectivity index (χ3n) is 3.80. The largest absolute Gasteiger partial charge is 0.481 e. The highest BCUT2D eigenvalue weighted by Crippen LogP contribution is 2.48. The first-order valence-corrected chi connectivity index (χ1v) is 5.55. The van der Waals surface area contributed by atoms with Crippen molar-refractivity contribution in [2.45, 2.75) is 32.1 Å². The van der Waals surface area contributed by atoms with Crippen molar-refractivity contribution in [3.05, 3.63) is 0 Å². The van der Waals surface area contributed by atoms with E-state index < -0.39 is 23.8 Å². The maximum atomic E-state index is 11.0. The Bertz CT molecular complexity index is 282. The molecule has 0 radical (unpaired) electrons. The van der Waals surface area contributed by atoms with Crippen molar-refractivity contribution in [2.24, 2.45) is 23.7 Å². The van der Waals surface area contributed by atoms with Crippen molar-refractivity contribution in [3.8, 4) is 0 Å². The minimum atomic E-state index is -0.833. The van der Waals surface area contributed by atoms with Gasteiger partial charge in [0.2, 0.25) is 0 Å². The second-order valence-corrected chi connectivity index (χ2v) is 4.82. The normalized spacial score (nSPS) is 31.7. The van der Waals surface area contributed by atoms with E-state index in [1.54, 1.807) is 0 Å². The van der Waals surface area contributed by atoms with Crippen LogP contribution in [0.5, 0.6) is 0 Å². The lowest BCUT2D eigenvalue weighted by molar-refractivity contribution is -0.144. The molecule has 0 saturated heterocycles. The summed E-state index contributed by atoms with van der Waals surface area (Å²) < 4.78 is 0. The Hall–Kier alpha value is -1.06. The summed E-state index contributed by atoms with van der Waals surface area (Å²) in [6.07, 6.45) is 4.68. The molecule has 3 atom stereocenters. The lowest BCUT2D eigenvalue weighted by Gasteiger charge is -2.28. The molecule has 2 fully saturated rings. The molecular weight excluding hydrogens is 196 g/mol. The molecule has 2 N–H and O–H groups in total. The van der Waals surface area contributed by atoms with E-state index in [0.717, 1.165) is 12.8 Å². The van der Waals surface area contributed by atoms with Crippen molar-refractivity contribution in [1.82, 2.24) is 0 Å². The molecule has 0 heterocycles. The molecule has 4 heteroatoms. The number of hydrogen-bond donors (Lipinski definition) is 2. The van der Waals surface area contributed by atoms with E-state index in [0.29, 0.717) is 18.8 Å². The van der Waals surface area contributed by atoms with E-state index in [2.05, 4.69) is 0 Å². The summed E-state index contributed by atoms with van der Waals surface area (Å²) in [5.41, 5.74) is 0. The van der Waals surface area contributed by atoms with E-state index in [9.17, 15) is 9.59 Å². The van der Waals surface area contributed by atoms with E-state index in [1.807, 2.05) is 0 Å². The van der Waals surface area contributed by atoms with Crippen LogP contribution in [0.15, 0.2) is 0 Å². The van der Waals surface area contributed by atoms with Gasteiger partial charge < -0.3 is 10.2 Å². The van der Waals surface area contributed by atoms with E-state index in [1.165, 1.54) is 6.42 Å². The molecule has 4 nitrogen and oxygen atoms in total. The molecule has 84 valence electrons. The fraction of sp³-hybridized carbons (Fsp3) is 0.818. The first kappa shape index (κ1) is 10.5. The van der Waals surface area contributed by atoms with E-state index in [4.69, 9.17) is 10.2 Å². The van der Waals surface area contributed by atoms with Gasteiger partial charge in [-0.3, -0.25) is 9.59 Å². The fourth-order valence-electron chi connectivity index (χ4n) is 2.49. The van der Waals surface area contributed by atoms with Crippen LogP contribution in [0.1, 0.15) is 32.1 Å². The van der Waals surface area contributed by atoms with Crippen molar-refractivity contribution in [1.29, 1.82) is 0 Å². The maximum Gasteiger partial charge on any atom is 0.306 e. The molecule has 0 aromatic carbocycles. The van der Waals surface area contributed by atoms with Crippen LogP contribution in [0.25, 0.3) is 0 Å². The minimum Gasteiger partial charge on any atom is -0.481 e. The molecule has 2 saturated carbocycles. The van der Waals surface area contributed by atoms with Crippen LogP contribution in [-0.2, 0) is 9.59 Å². The molecule has 0 amide bonds. The molecular formula is C11H16O4. The molecule has 2 aliphatic carbocycles. The van der Waals surface area contributed by atoms with Crippen LogP contribution in [-0.4, -0.2) is 22.2 Å². The zero-order chi connectivity index (χ0) is 11.0. The van der Waals surface area contributed by atoms with Crippen molar-refractivity contribution in [2.75, 3.05) is 0 Å². The number of carbonyl (C=O) groups is 2. The summed E-state index contributed by atoms with van der Waals surface area (Å²) in [5, 5.41) is 17.8. The van der Waals surface area contributed by atoms with Crippen molar-refractivity contribution < 1.29 is 19.8 Å². The number of carboxylic acid groups (broad SMARTS) is 2. The van der Waals surface area contributed by atoms with Gasteiger partial charge in [-0.15, -0.1) is 0 Å². The van der Waals surface area contributed by atoms with Gasteiger partial charge in [0, 0.05) is 0 Å². The Kier molecular flexibility index (Phi) is 2.67. The lowest BCUT2D eigenvalue weighted by atomic mass is 9.77. The monoisotopic (exact) mass is 212 g/mol. The van der Waals surface area contributed by atoms with Gasteiger partial charge in [0.25, 0.3) is 0 Å². The Morgan fingerprint density at radius 3 is 2.27 bits per heavy atom. The molecule has 15 heavy (non-hydrogen) atoms. The average molecular weight is 212 g/mol. The highest BCUT2D eigenvalue weighted by atomic mass is 16.4. The van der Waals surface area contributed by atoms with Gasteiger partial charge in [-0.05, 0) is 24.7 Å². The van der Waals surface area contributed by atoms with Crippen LogP contribution in [0.3, 0.4) is 0 Å². The van der Waals surface area contributed by atoms with Gasteiger partial charge in [-0.1, -0.05) is 19.3 Å². The molecule has 3 unspecified atom stereocenters. The highest BCUT2D eigenvalue weighted by molar-refractivity contribution is 5.77. The van der Waals surface area contributed by atoms with Crippen LogP contribution < -0.4 is 0 Å². The van der Waals surface area contributed by atoms with Crippen LogP contribution >= 0.6 is 0 Å². The average Bonchev–Trinajstić information content (AvgIpc) is 2.80. The Labute approximate surface area is 88.3 Å². The summed E-state index contributed by atoms with van der Waals surface area (Å²) in [4.78, 5) is 21.7. The number of aliphatic carboxylic acids is 2. The summed E-state index contributed by atoms with van der Waals surface area (Å²) >= 11 is 0. The van der Waals surface area contributed by atoms with Gasteiger partial charge >= 0.3 is 11.9 Å². The third kappa shape index (κ3) is 2.13. The SMILES string of the molecule is O=C(O)C(CC1CCC1)C1CC1C(=O)O. The second-order valence-electron chi connectivity index (χ2n) is 4.82. The lowest BCUT2D eigenvalue weighted by Crippen LogP contribution is -2.24. The molecule has 2 rings (SSSR count). The van der Waals surface area contributed by atoms with E-state index in [-0.39, 0.29) is 5.92 Å². The topological polar surface area (TPSA) is 74.6 Å². The van der Waals surface area contributed by atoms with Gasteiger partial charge in [0.05, 0.1) is 11.8 Å². The summed E-state index contributed by atoms with van der Waals surface area (Å²) in [6, 6.07) is 0. The molecule has 2 aliphatic rings. The van der Waals surface area contributed by atoms with Crippen molar-refractivity contribution >= 4 is 11.9 Å². The Balaban J connectivity index is 1.89. The standard InChI is InChI=1S/C11H16O4/c12-10(13)8(4-6-2-1-3-6)7-5-9(7)11(14)15/h6-9H,1-5H2,(H,12,13)(H,14,15). The molecule has 0 aromatic rings. The van der Waals surface area contributed by atoms with Crippen LogP contribution in [0.2, 0.25) is 0 Å². The first-order valence-electron chi connectivity index (χ1n) is 5.55. The first-order chi connectivity index (χ1) is 7.09. The maximum absolute atomic E-state index is 11.0. The van der Waals surface area contributed by atoms with E-state index >= 15 is 0 Å². The molecule has 0 aromatic heterocycles. The number of hydrogen-bond acceptors (Lipinski definition) is 2. The fourth-order valence-corrected chi connectivity index (χ4v) is 2.49. The Morgan fingerprint density at radius 1 is 1.27 bits per heavy atom. The summed E-state index contributed by atoms with van der Waals surface area (Å²) in [5.74, 6) is -2.04. The Morgan fingerprint density at radius 2 is 1.93 bits per heavy atom. The minimum absolute atomic E-state index is 0.111. The molecule has 0 aliphatic heterocycles. The van der Waals surface area contributed by atoms with Gasteiger partial charge in [-0.2, -0.15) is 0 Å². The van der Waals surface area contributed by atoms with Gasteiger partial charge in [0.15, 0.2) is 0 Å². The van der Waals surface area contributed by atoms with Gasteiger partial charge in [0.1, 0.15) is 0 Å². The number of rotatable bonds is 5. The highest BCUT2D eigenvalue weighted by Gasteiger charge is 2.51. The van der Waals surface area contributed by atoms with Crippen LogP contribution in [0.4, 0.5) is 0 Å². The molecule has 0 bridgehead atoms. The zero-order valence-corrected chi connectivity index (χ0v) is 8.56. The van der Waals surface area contributed by atoms with Gasteiger partial charge in [-0.25, -0.2) is 0 Å². The zero-order valence-electron chi connectivity index (χ0n) is 8.56. The smallest absolute Gasteiger partial charge is 0.306 e. The second kappa shape index (κ2) is 3.83. The predicted molar refractivity (Wildman–Crippen MR) is 52.3 cm³/mol. The van der Waals surface area contributed by atoms with Crippen molar-refractivity contribution in [3.63, 3.8) is 0 Å². The quantitative estimate of drug-likeness (QED) is 0.725.